The van der Waals surface area contributed by atoms with Crippen LogP contribution in [0.15, 0.2) is 18.3 Å². The second-order valence-corrected chi connectivity index (χ2v) is 5.76. The summed E-state index contributed by atoms with van der Waals surface area (Å²) in [6.45, 7) is 6.80. The summed E-state index contributed by atoms with van der Waals surface area (Å²) in [7, 11) is 0. The Morgan fingerprint density at radius 1 is 1.35 bits per heavy atom. The fourth-order valence-corrected chi connectivity index (χ4v) is 3.25. The van der Waals surface area contributed by atoms with Crippen molar-refractivity contribution in [1.82, 2.24) is 19.4 Å². The van der Waals surface area contributed by atoms with Crippen molar-refractivity contribution in [3.63, 3.8) is 0 Å². The lowest BCUT2D eigenvalue weighted by Crippen LogP contribution is -2.34. The predicted molar refractivity (Wildman–Crippen MR) is 81.9 cm³/mol. The van der Waals surface area contributed by atoms with E-state index in [1.165, 1.54) is 25.9 Å². The van der Waals surface area contributed by atoms with Crippen LogP contribution in [0.3, 0.4) is 0 Å². The minimum Gasteiger partial charge on any atom is -0.311 e. The van der Waals surface area contributed by atoms with Crippen molar-refractivity contribution in [2.45, 2.75) is 32.2 Å². The van der Waals surface area contributed by atoms with E-state index in [9.17, 15) is 0 Å². The predicted octanol–water partition coefficient (Wildman–Crippen LogP) is 2.90. The first-order valence-corrected chi connectivity index (χ1v) is 7.93. The van der Waals surface area contributed by atoms with Gasteiger partial charge in [0, 0.05) is 12.7 Å². The van der Waals surface area contributed by atoms with Gasteiger partial charge >= 0.3 is 0 Å². The summed E-state index contributed by atoms with van der Waals surface area (Å²) in [5.74, 6) is 2.10. The van der Waals surface area contributed by atoms with E-state index in [1.54, 1.807) is 0 Å². The Morgan fingerprint density at radius 2 is 2.15 bits per heavy atom. The van der Waals surface area contributed by atoms with Gasteiger partial charge in [-0.15, -0.1) is 11.6 Å². The fourth-order valence-electron chi connectivity index (χ4n) is 3.04. The molecule has 5 heteroatoms. The molecule has 0 spiro atoms. The molecule has 1 aliphatic rings. The molecule has 0 aromatic carbocycles. The molecule has 2 aromatic heterocycles. The topological polar surface area (TPSA) is 34.0 Å². The van der Waals surface area contributed by atoms with Gasteiger partial charge in [-0.05, 0) is 50.5 Å². The molecule has 2 aromatic rings. The van der Waals surface area contributed by atoms with E-state index in [2.05, 4.69) is 26.4 Å². The number of imidazole rings is 1. The van der Waals surface area contributed by atoms with Crippen molar-refractivity contribution < 1.29 is 0 Å². The molecule has 1 aliphatic heterocycles. The van der Waals surface area contributed by atoms with Gasteiger partial charge in [-0.1, -0.05) is 6.92 Å². The molecule has 3 rings (SSSR count). The highest BCUT2D eigenvalue weighted by molar-refractivity contribution is 6.16. The fraction of sp³-hybridized carbons (Fsp3) is 0.600. The van der Waals surface area contributed by atoms with Crippen molar-refractivity contribution >= 4 is 22.8 Å². The third kappa shape index (κ3) is 2.67. The average molecular weight is 293 g/mol. The Labute approximate surface area is 124 Å². The summed E-state index contributed by atoms with van der Waals surface area (Å²) in [6, 6.07) is 3.94. The summed E-state index contributed by atoms with van der Waals surface area (Å²) in [5, 5.41) is 0. The molecule has 0 aliphatic carbocycles. The molecule has 0 saturated carbocycles. The van der Waals surface area contributed by atoms with E-state index in [4.69, 9.17) is 11.6 Å². The summed E-state index contributed by atoms with van der Waals surface area (Å²) < 4.78 is 2.22. The highest BCUT2D eigenvalue weighted by Crippen LogP contribution is 2.23. The van der Waals surface area contributed by atoms with E-state index in [1.807, 2.05) is 18.3 Å². The Hall–Kier alpha value is -1.13. The molecule has 0 radical (unpaired) electrons. The number of rotatable bonds is 4. The summed E-state index contributed by atoms with van der Waals surface area (Å²) in [4.78, 5) is 11.6. The second-order valence-electron chi connectivity index (χ2n) is 5.50. The van der Waals surface area contributed by atoms with Crippen LogP contribution in [0.4, 0.5) is 0 Å². The maximum Gasteiger partial charge on any atom is 0.160 e. The number of alkyl halides is 1. The highest BCUT2D eigenvalue weighted by atomic mass is 35.5. The van der Waals surface area contributed by atoms with Crippen LogP contribution in [-0.2, 0) is 12.4 Å². The summed E-state index contributed by atoms with van der Waals surface area (Å²) >= 11 is 6.05. The number of halogens is 1. The van der Waals surface area contributed by atoms with Crippen LogP contribution < -0.4 is 0 Å². The number of piperidine rings is 1. The van der Waals surface area contributed by atoms with Gasteiger partial charge in [-0.2, -0.15) is 0 Å². The number of pyridine rings is 1. The molecular weight excluding hydrogens is 272 g/mol. The lowest BCUT2D eigenvalue weighted by molar-refractivity contribution is 0.181. The lowest BCUT2D eigenvalue weighted by atomic mass is 9.96. The third-order valence-electron chi connectivity index (χ3n) is 4.30. The van der Waals surface area contributed by atoms with Gasteiger partial charge in [0.1, 0.15) is 11.3 Å². The first-order valence-electron chi connectivity index (χ1n) is 7.40. The van der Waals surface area contributed by atoms with Crippen LogP contribution in [0.1, 0.15) is 25.6 Å². The second kappa shape index (κ2) is 6.10. The van der Waals surface area contributed by atoms with Gasteiger partial charge in [0.2, 0.25) is 0 Å². The maximum atomic E-state index is 6.05. The first-order chi connectivity index (χ1) is 9.81. The quantitative estimate of drug-likeness (QED) is 0.813. The van der Waals surface area contributed by atoms with E-state index < -0.39 is 0 Å². The molecule has 108 valence electrons. The zero-order valence-corrected chi connectivity index (χ0v) is 12.7. The van der Waals surface area contributed by atoms with Gasteiger partial charge in [0.25, 0.3) is 0 Å². The number of likely N-dealkylation sites (tertiary alicyclic amines) is 1. The zero-order chi connectivity index (χ0) is 13.9. The molecule has 0 amide bonds. The van der Waals surface area contributed by atoms with Crippen LogP contribution in [0.2, 0.25) is 0 Å². The van der Waals surface area contributed by atoms with Crippen molar-refractivity contribution in [3.8, 4) is 0 Å². The Bertz CT molecular complexity index is 572. The molecule has 0 atom stereocenters. The molecule has 0 N–H and O–H groups in total. The van der Waals surface area contributed by atoms with Crippen molar-refractivity contribution in [2.75, 3.05) is 19.6 Å². The monoisotopic (exact) mass is 292 g/mol. The average Bonchev–Trinajstić information content (AvgIpc) is 2.86. The molecule has 1 fully saturated rings. The van der Waals surface area contributed by atoms with Crippen molar-refractivity contribution in [2.24, 2.45) is 5.92 Å². The first kappa shape index (κ1) is 13.8. The van der Waals surface area contributed by atoms with Crippen molar-refractivity contribution in [1.29, 1.82) is 0 Å². The van der Waals surface area contributed by atoms with E-state index >= 15 is 0 Å². The van der Waals surface area contributed by atoms with Gasteiger partial charge in [-0.25, -0.2) is 9.97 Å². The third-order valence-corrected chi connectivity index (χ3v) is 4.54. The molecule has 0 bridgehead atoms. The van der Waals surface area contributed by atoms with Crippen LogP contribution in [0.25, 0.3) is 11.2 Å². The van der Waals surface area contributed by atoms with Crippen LogP contribution >= 0.6 is 11.6 Å². The molecule has 1 saturated heterocycles. The van der Waals surface area contributed by atoms with Crippen LogP contribution in [-0.4, -0.2) is 39.1 Å². The van der Waals surface area contributed by atoms with Crippen molar-refractivity contribution in [3.05, 3.63) is 24.2 Å². The van der Waals surface area contributed by atoms with Gasteiger partial charge in [0.15, 0.2) is 5.65 Å². The van der Waals surface area contributed by atoms with E-state index in [0.29, 0.717) is 11.8 Å². The smallest absolute Gasteiger partial charge is 0.160 e. The Balaban J connectivity index is 1.80. The minimum atomic E-state index is 0.449. The summed E-state index contributed by atoms with van der Waals surface area (Å²) in [5.41, 5.74) is 1.93. The molecular formula is C15H21ClN4. The lowest BCUT2D eigenvalue weighted by Gasteiger charge is -2.31. The Kier molecular flexibility index (Phi) is 4.22. The number of hydrogen-bond acceptors (Lipinski definition) is 3. The number of aromatic nitrogens is 3. The maximum absolute atomic E-state index is 6.05. The molecule has 0 unspecified atom stereocenters. The number of fused-ring (bicyclic) bond motifs is 1. The van der Waals surface area contributed by atoms with Gasteiger partial charge in [-0.3, -0.25) is 0 Å². The summed E-state index contributed by atoms with van der Waals surface area (Å²) in [6.07, 6.45) is 4.34. The largest absolute Gasteiger partial charge is 0.311 e. The van der Waals surface area contributed by atoms with E-state index in [0.717, 1.165) is 30.1 Å². The highest BCUT2D eigenvalue weighted by Gasteiger charge is 2.21. The molecule has 4 nitrogen and oxygen atoms in total. The number of hydrogen-bond donors (Lipinski definition) is 0. The molecule has 3 heterocycles. The van der Waals surface area contributed by atoms with Crippen LogP contribution in [0, 0.1) is 5.92 Å². The Morgan fingerprint density at radius 3 is 2.85 bits per heavy atom. The van der Waals surface area contributed by atoms with Crippen LogP contribution in [0.5, 0.6) is 0 Å². The van der Waals surface area contributed by atoms with Gasteiger partial charge < -0.3 is 9.47 Å². The van der Waals surface area contributed by atoms with E-state index in [-0.39, 0.29) is 0 Å². The normalized spacial score (nSPS) is 17.9. The minimum absolute atomic E-state index is 0.449. The zero-order valence-electron chi connectivity index (χ0n) is 11.9. The SMILES string of the molecule is CCN1CCC(Cn2c(CCl)nc3cccnc32)CC1. The molecule has 20 heavy (non-hydrogen) atoms. The number of nitrogens with zero attached hydrogens (tertiary/aromatic N) is 4. The van der Waals surface area contributed by atoms with Gasteiger partial charge in [0.05, 0.1) is 5.88 Å². The standard InChI is InChI=1S/C15H21ClN4/c1-2-19-8-5-12(6-9-19)11-20-14(10-16)18-13-4-3-7-17-15(13)20/h3-4,7,12H,2,5-6,8-11H2,1H3.